The van der Waals surface area contributed by atoms with E-state index >= 15 is 0 Å². The maximum Gasteiger partial charge on any atom is 0.143 e. The van der Waals surface area contributed by atoms with Gasteiger partial charge in [-0.2, -0.15) is 5.10 Å². The van der Waals surface area contributed by atoms with E-state index < -0.39 is 0 Å². The van der Waals surface area contributed by atoms with Gasteiger partial charge in [-0.25, -0.2) is 9.36 Å². The third-order valence-electron chi connectivity index (χ3n) is 2.56. The van der Waals surface area contributed by atoms with Crippen LogP contribution in [0.5, 0.6) is 0 Å². The van der Waals surface area contributed by atoms with E-state index in [1.807, 2.05) is 42.1 Å². The lowest BCUT2D eigenvalue weighted by Crippen LogP contribution is -2.01. The van der Waals surface area contributed by atoms with Crippen molar-refractivity contribution in [1.29, 1.82) is 0 Å². The molecule has 0 aliphatic carbocycles. The Labute approximate surface area is 97.5 Å². The van der Waals surface area contributed by atoms with Gasteiger partial charge in [0.2, 0.25) is 0 Å². The minimum Gasteiger partial charge on any atom is -0.241 e. The first-order chi connectivity index (χ1) is 8.34. The van der Waals surface area contributed by atoms with E-state index in [1.165, 1.54) is 0 Å². The van der Waals surface area contributed by atoms with Crippen LogP contribution in [0.2, 0.25) is 0 Å². The Bertz CT molecular complexity index is 611. The number of benzene rings is 1. The zero-order valence-corrected chi connectivity index (χ0v) is 9.22. The summed E-state index contributed by atoms with van der Waals surface area (Å²) >= 11 is 0. The van der Waals surface area contributed by atoms with E-state index in [1.54, 1.807) is 17.2 Å². The third kappa shape index (κ3) is 1.69. The van der Waals surface area contributed by atoms with Gasteiger partial charge in [-0.15, -0.1) is 5.10 Å². The summed E-state index contributed by atoms with van der Waals surface area (Å²) in [7, 11) is 0. The average molecular weight is 226 g/mol. The molecule has 0 radical (unpaired) electrons. The summed E-state index contributed by atoms with van der Waals surface area (Å²) in [5.41, 5.74) is 3.07. The van der Waals surface area contributed by atoms with Gasteiger partial charge < -0.3 is 0 Å². The van der Waals surface area contributed by atoms with Crippen molar-refractivity contribution in [3.63, 3.8) is 0 Å². The maximum absolute atomic E-state index is 4.23. The maximum atomic E-state index is 4.23. The van der Waals surface area contributed by atoms with Crippen LogP contribution in [-0.2, 0) is 0 Å². The quantitative estimate of drug-likeness (QED) is 0.657. The number of hydrogen-bond acceptors (Lipinski definition) is 4. The van der Waals surface area contributed by atoms with E-state index in [-0.39, 0.29) is 0 Å². The first-order valence-electron chi connectivity index (χ1n) is 5.18. The summed E-state index contributed by atoms with van der Waals surface area (Å²) in [6.07, 6.45) is 5.23. The van der Waals surface area contributed by atoms with Gasteiger partial charge in [-0.05, 0) is 41.1 Å². The Balaban J connectivity index is 2.13. The first kappa shape index (κ1) is 9.71. The summed E-state index contributed by atoms with van der Waals surface area (Å²) in [6, 6.07) is 7.88. The SMILES string of the molecule is Cc1ccc(-n2cnnn2)cc1-n1cccn1. The van der Waals surface area contributed by atoms with Crippen LogP contribution >= 0.6 is 0 Å². The molecule has 0 unspecified atom stereocenters. The fourth-order valence-electron chi connectivity index (χ4n) is 1.68. The van der Waals surface area contributed by atoms with Crippen molar-refractivity contribution in [1.82, 2.24) is 30.0 Å². The van der Waals surface area contributed by atoms with Crippen LogP contribution in [0.4, 0.5) is 0 Å². The Kier molecular flexibility index (Phi) is 2.18. The number of nitrogens with zero attached hydrogens (tertiary/aromatic N) is 6. The van der Waals surface area contributed by atoms with Gasteiger partial charge in [0, 0.05) is 12.4 Å². The number of tetrazole rings is 1. The molecule has 3 aromatic rings. The Morgan fingerprint density at radius 3 is 2.82 bits per heavy atom. The van der Waals surface area contributed by atoms with Gasteiger partial charge in [0.1, 0.15) is 6.33 Å². The second-order valence-corrected chi connectivity index (χ2v) is 3.68. The van der Waals surface area contributed by atoms with Crippen LogP contribution in [0, 0.1) is 6.92 Å². The van der Waals surface area contributed by atoms with Gasteiger partial charge >= 0.3 is 0 Å². The number of aryl methyl sites for hydroxylation is 1. The van der Waals surface area contributed by atoms with Crippen molar-refractivity contribution >= 4 is 0 Å². The molecule has 0 aliphatic rings. The summed E-state index contributed by atoms with van der Waals surface area (Å²) < 4.78 is 3.44. The van der Waals surface area contributed by atoms with Gasteiger partial charge in [0.05, 0.1) is 11.4 Å². The van der Waals surface area contributed by atoms with Crippen molar-refractivity contribution < 1.29 is 0 Å². The molecular weight excluding hydrogens is 216 g/mol. The highest BCUT2D eigenvalue weighted by Crippen LogP contribution is 2.17. The van der Waals surface area contributed by atoms with E-state index in [4.69, 9.17) is 0 Å². The van der Waals surface area contributed by atoms with Gasteiger partial charge in [0.25, 0.3) is 0 Å². The molecule has 1 aromatic carbocycles. The number of rotatable bonds is 2. The molecule has 84 valence electrons. The monoisotopic (exact) mass is 226 g/mol. The van der Waals surface area contributed by atoms with Crippen LogP contribution in [0.3, 0.4) is 0 Å². The van der Waals surface area contributed by atoms with Crippen LogP contribution in [0.1, 0.15) is 5.56 Å². The summed E-state index contributed by atoms with van der Waals surface area (Å²) in [5.74, 6) is 0. The summed E-state index contributed by atoms with van der Waals surface area (Å²) in [6.45, 7) is 2.04. The largest absolute Gasteiger partial charge is 0.241 e. The minimum absolute atomic E-state index is 0.908. The van der Waals surface area contributed by atoms with Crippen molar-refractivity contribution in [2.45, 2.75) is 6.92 Å². The van der Waals surface area contributed by atoms with Crippen LogP contribution in [0.15, 0.2) is 43.0 Å². The Morgan fingerprint density at radius 1 is 1.18 bits per heavy atom. The van der Waals surface area contributed by atoms with Crippen LogP contribution in [0.25, 0.3) is 11.4 Å². The topological polar surface area (TPSA) is 61.4 Å². The average Bonchev–Trinajstić information content (AvgIpc) is 3.03. The Hall–Kier alpha value is -2.50. The molecule has 6 nitrogen and oxygen atoms in total. The molecule has 0 atom stereocenters. The van der Waals surface area contributed by atoms with Gasteiger partial charge in [-0.3, -0.25) is 0 Å². The van der Waals surface area contributed by atoms with Crippen molar-refractivity contribution in [3.05, 3.63) is 48.5 Å². The molecule has 3 rings (SSSR count). The van der Waals surface area contributed by atoms with Crippen LogP contribution < -0.4 is 0 Å². The molecule has 0 fully saturated rings. The molecule has 0 N–H and O–H groups in total. The third-order valence-corrected chi connectivity index (χ3v) is 2.56. The molecular formula is C11H10N6. The standard InChI is InChI=1S/C11H10N6/c1-9-3-4-10(17-8-12-14-15-17)7-11(9)16-6-2-5-13-16/h2-8H,1H3. The lowest BCUT2D eigenvalue weighted by atomic mass is 10.2. The van der Waals surface area contributed by atoms with Gasteiger partial charge in [0.15, 0.2) is 0 Å². The zero-order valence-electron chi connectivity index (χ0n) is 9.22. The smallest absolute Gasteiger partial charge is 0.143 e. The number of hydrogen-bond donors (Lipinski definition) is 0. The van der Waals surface area contributed by atoms with Crippen molar-refractivity contribution in [2.75, 3.05) is 0 Å². The Morgan fingerprint density at radius 2 is 2.12 bits per heavy atom. The molecule has 0 amide bonds. The fraction of sp³-hybridized carbons (Fsp3) is 0.0909. The molecule has 0 spiro atoms. The lowest BCUT2D eigenvalue weighted by molar-refractivity contribution is 0.785. The second-order valence-electron chi connectivity index (χ2n) is 3.68. The summed E-state index contributed by atoms with van der Waals surface area (Å²) in [5, 5.41) is 15.3. The van der Waals surface area contributed by atoms with Crippen LogP contribution in [-0.4, -0.2) is 30.0 Å². The molecule has 17 heavy (non-hydrogen) atoms. The molecule has 6 heteroatoms. The fourth-order valence-corrected chi connectivity index (χ4v) is 1.68. The van der Waals surface area contributed by atoms with E-state index in [2.05, 4.69) is 20.6 Å². The first-order valence-corrected chi connectivity index (χ1v) is 5.18. The predicted molar refractivity (Wildman–Crippen MR) is 61.0 cm³/mol. The van der Waals surface area contributed by atoms with Gasteiger partial charge in [-0.1, -0.05) is 6.07 Å². The second kappa shape index (κ2) is 3.82. The molecule has 2 heterocycles. The van der Waals surface area contributed by atoms with E-state index in [9.17, 15) is 0 Å². The minimum atomic E-state index is 0.908. The predicted octanol–water partition coefficient (Wildman–Crippen LogP) is 1.16. The summed E-state index contributed by atoms with van der Waals surface area (Å²) in [4.78, 5) is 0. The molecule has 0 bridgehead atoms. The highest BCUT2D eigenvalue weighted by atomic mass is 15.5. The normalized spacial score (nSPS) is 10.6. The zero-order chi connectivity index (χ0) is 11.7. The highest BCUT2D eigenvalue weighted by Gasteiger charge is 2.05. The van der Waals surface area contributed by atoms with Crippen molar-refractivity contribution in [2.24, 2.45) is 0 Å². The number of aromatic nitrogens is 6. The molecule has 0 aliphatic heterocycles. The molecule has 0 saturated carbocycles. The van der Waals surface area contributed by atoms with E-state index in [0.717, 1.165) is 16.9 Å². The molecule has 2 aromatic heterocycles. The lowest BCUT2D eigenvalue weighted by Gasteiger charge is -2.08. The highest BCUT2D eigenvalue weighted by molar-refractivity contribution is 5.48. The van der Waals surface area contributed by atoms with E-state index in [0.29, 0.717) is 0 Å². The van der Waals surface area contributed by atoms with Crippen molar-refractivity contribution in [3.8, 4) is 11.4 Å². The molecule has 0 saturated heterocycles.